The summed E-state index contributed by atoms with van der Waals surface area (Å²) in [6.45, 7) is 6.60. The Labute approximate surface area is 261 Å². The van der Waals surface area contributed by atoms with Crippen molar-refractivity contribution in [1.82, 2.24) is 14.9 Å². The second-order valence-corrected chi connectivity index (χ2v) is 15.0. The third-order valence-electron chi connectivity index (χ3n) is 8.14. The van der Waals surface area contributed by atoms with Crippen LogP contribution in [0.25, 0.3) is 0 Å². The largest absolute Gasteiger partial charge is 0.495 e. The van der Waals surface area contributed by atoms with Gasteiger partial charge in [-0.25, -0.2) is 28.0 Å². The molecule has 1 aromatic carbocycles. The van der Waals surface area contributed by atoms with E-state index in [0.29, 0.717) is 31.5 Å². The molecular formula is C28H35Cl2N5O7S. The first-order valence-corrected chi connectivity index (χ1v) is 16.5. The van der Waals surface area contributed by atoms with Gasteiger partial charge in [0.25, 0.3) is 0 Å². The van der Waals surface area contributed by atoms with E-state index in [1.807, 2.05) is 20.8 Å². The minimum absolute atomic E-state index is 0.00676. The fourth-order valence-corrected chi connectivity index (χ4v) is 7.18. The van der Waals surface area contributed by atoms with Crippen LogP contribution >= 0.6 is 23.2 Å². The van der Waals surface area contributed by atoms with E-state index >= 15 is 0 Å². The highest BCUT2D eigenvalue weighted by Crippen LogP contribution is 2.54. The second kappa shape index (κ2) is 11.2. The summed E-state index contributed by atoms with van der Waals surface area (Å²) in [5, 5.41) is -0.118. The van der Waals surface area contributed by atoms with Gasteiger partial charge in [0.2, 0.25) is 15.0 Å². The first kappa shape index (κ1) is 31.4. The number of ether oxygens (including phenoxy) is 3. The third kappa shape index (κ3) is 5.91. The number of aromatic nitrogens is 2. The van der Waals surface area contributed by atoms with E-state index in [9.17, 15) is 18.0 Å². The lowest BCUT2D eigenvalue weighted by atomic mass is 9.60. The van der Waals surface area contributed by atoms with Crippen LogP contribution < -0.4 is 19.3 Å². The van der Waals surface area contributed by atoms with Gasteiger partial charge in [0.05, 0.1) is 26.5 Å². The molecule has 0 N–H and O–H groups in total. The molecule has 0 radical (unpaired) electrons. The first-order valence-electron chi connectivity index (χ1n) is 13.8. The highest BCUT2D eigenvalue weighted by molar-refractivity contribution is 7.90. The summed E-state index contributed by atoms with van der Waals surface area (Å²) in [5.41, 5.74) is 0.0775. The summed E-state index contributed by atoms with van der Waals surface area (Å²) in [7, 11) is -0.852. The highest BCUT2D eigenvalue weighted by atomic mass is 35.5. The summed E-state index contributed by atoms with van der Waals surface area (Å²) in [6, 6.07) is 0.792. The zero-order valence-electron chi connectivity index (χ0n) is 24.9. The van der Waals surface area contributed by atoms with Crippen molar-refractivity contribution in [3.8, 4) is 11.5 Å². The molecule has 5 rings (SSSR count). The second-order valence-electron chi connectivity index (χ2n) is 12.3. The quantitative estimate of drug-likeness (QED) is 0.392. The molecule has 1 saturated carbocycles. The fourth-order valence-electron chi connectivity index (χ4n) is 5.97. The number of urea groups is 1. The standard InChI is InChI=1S/C28H35Cl2N5O7S/c1-27(2,3)42-26(37)33-9-7-28(8-10-33)12-17(13-28)35-23-16(14-31-24(32-23)43(6,38)39)15-34(25(35)36)22-20(29)18(40-4)11-19(41-5)21(22)30/h11,14,17H,7-10,12-13,15H2,1-6H3. The Bertz CT molecular complexity index is 1540. The molecule has 1 saturated heterocycles. The molecule has 2 aliphatic heterocycles. The van der Waals surface area contributed by atoms with Crippen molar-refractivity contribution in [3.05, 3.63) is 27.9 Å². The number of rotatable bonds is 5. The summed E-state index contributed by atoms with van der Waals surface area (Å²) in [6.07, 6.45) is 4.91. The summed E-state index contributed by atoms with van der Waals surface area (Å²) >= 11 is 13.4. The van der Waals surface area contributed by atoms with E-state index in [4.69, 9.17) is 37.4 Å². The van der Waals surface area contributed by atoms with Crippen molar-refractivity contribution in [1.29, 1.82) is 0 Å². The summed E-state index contributed by atoms with van der Waals surface area (Å²) < 4.78 is 41.1. The Morgan fingerprint density at radius 1 is 1.07 bits per heavy atom. The Balaban J connectivity index is 1.47. The predicted molar refractivity (Wildman–Crippen MR) is 161 cm³/mol. The predicted octanol–water partition coefficient (Wildman–Crippen LogP) is 5.33. The average Bonchev–Trinajstić information content (AvgIpc) is 2.91. The van der Waals surface area contributed by atoms with Gasteiger partial charge in [0.1, 0.15) is 33.0 Å². The number of benzene rings is 1. The lowest BCUT2D eigenvalue weighted by Crippen LogP contribution is -2.61. The monoisotopic (exact) mass is 655 g/mol. The van der Waals surface area contributed by atoms with Crippen molar-refractivity contribution in [2.75, 3.05) is 43.4 Å². The number of hydrogen-bond donors (Lipinski definition) is 0. The molecule has 2 aromatic rings. The molecule has 3 aliphatic rings. The molecule has 3 amide bonds. The van der Waals surface area contributed by atoms with Crippen molar-refractivity contribution < 1.29 is 32.2 Å². The van der Waals surface area contributed by atoms with Crippen LogP contribution in [0.1, 0.15) is 52.0 Å². The number of amides is 3. The number of anilines is 2. The minimum Gasteiger partial charge on any atom is -0.495 e. The average molecular weight is 657 g/mol. The Morgan fingerprint density at radius 2 is 1.65 bits per heavy atom. The van der Waals surface area contributed by atoms with Crippen molar-refractivity contribution >= 4 is 56.7 Å². The number of methoxy groups -OCH3 is 2. The fraction of sp³-hybridized carbons (Fsp3) is 0.571. The molecule has 12 nitrogen and oxygen atoms in total. The van der Waals surface area contributed by atoms with Crippen molar-refractivity contribution in [2.24, 2.45) is 5.41 Å². The van der Waals surface area contributed by atoms with Gasteiger partial charge in [-0.2, -0.15) is 0 Å². The Hall–Kier alpha value is -3.03. The van der Waals surface area contributed by atoms with E-state index < -0.39 is 21.5 Å². The van der Waals surface area contributed by atoms with Crippen LogP contribution in [0.4, 0.5) is 21.1 Å². The van der Waals surface area contributed by atoms with E-state index in [1.54, 1.807) is 4.90 Å². The Kier molecular flexibility index (Phi) is 8.14. The molecule has 15 heteroatoms. The molecule has 1 aromatic heterocycles. The number of nitrogens with zero attached hydrogens (tertiary/aromatic N) is 5. The topological polar surface area (TPSA) is 131 Å². The van der Waals surface area contributed by atoms with Gasteiger partial charge in [0.15, 0.2) is 0 Å². The molecule has 43 heavy (non-hydrogen) atoms. The van der Waals surface area contributed by atoms with Crippen LogP contribution in [0.5, 0.6) is 11.5 Å². The van der Waals surface area contributed by atoms with Crippen molar-refractivity contribution in [2.45, 2.75) is 69.8 Å². The number of fused-ring (bicyclic) bond motifs is 1. The molecule has 0 bridgehead atoms. The van der Waals surface area contributed by atoms with E-state index in [2.05, 4.69) is 9.97 Å². The lowest BCUT2D eigenvalue weighted by molar-refractivity contribution is -0.0111. The van der Waals surface area contributed by atoms with Gasteiger partial charge in [-0.05, 0) is 51.9 Å². The maximum atomic E-state index is 14.3. The van der Waals surface area contributed by atoms with Gasteiger partial charge in [-0.3, -0.25) is 9.80 Å². The number of hydrogen-bond acceptors (Lipinski definition) is 9. The molecule has 234 valence electrons. The maximum absolute atomic E-state index is 14.3. The van der Waals surface area contributed by atoms with Gasteiger partial charge < -0.3 is 19.1 Å². The molecule has 2 fully saturated rings. The zero-order chi connectivity index (χ0) is 31.5. The zero-order valence-corrected chi connectivity index (χ0v) is 27.3. The number of halogens is 2. The van der Waals surface area contributed by atoms with Crippen molar-refractivity contribution in [3.63, 3.8) is 0 Å². The number of piperidine rings is 1. The molecule has 0 unspecified atom stereocenters. The number of likely N-dealkylation sites (tertiary alicyclic amines) is 1. The van der Waals surface area contributed by atoms with Gasteiger partial charge >= 0.3 is 12.1 Å². The Morgan fingerprint density at radius 3 is 2.16 bits per heavy atom. The first-order chi connectivity index (χ1) is 20.1. The van der Waals surface area contributed by atoms with Crippen LogP contribution in [-0.4, -0.2) is 80.6 Å². The molecule has 0 atom stereocenters. The van der Waals surface area contributed by atoms with Crippen LogP contribution in [0, 0.1) is 5.41 Å². The van der Waals surface area contributed by atoms with E-state index in [1.165, 1.54) is 36.3 Å². The van der Waals surface area contributed by atoms with E-state index in [-0.39, 0.29) is 62.3 Å². The smallest absolute Gasteiger partial charge is 0.410 e. The molecule has 3 heterocycles. The third-order valence-corrected chi connectivity index (χ3v) is 9.73. The maximum Gasteiger partial charge on any atom is 0.410 e. The summed E-state index contributed by atoms with van der Waals surface area (Å²) in [4.78, 5) is 40.0. The SMILES string of the molecule is COc1cc(OC)c(Cl)c(N2Cc3cnc(S(C)(=O)=O)nc3N(C3CC4(CCN(C(=O)OC(C)(C)C)CC4)C3)C2=O)c1Cl. The normalized spacial score (nSPS) is 18.8. The summed E-state index contributed by atoms with van der Waals surface area (Å²) in [5.74, 6) is 0.780. The van der Waals surface area contributed by atoms with Gasteiger partial charge in [-0.15, -0.1) is 0 Å². The van der Waals surface area contributed by atoms with Gasteiger partial charge in [0, 0.05) is 43.2 Å². The molecule has 1 aliphatic carbocycles. The van der Waals surface area contributed by atoms with Gasteiger partial charge in [-0.1, -0.05) is 23.2 Å². The number of sulfone groups is 1. The number of carbonyl (C=O) groups excluding carboxylic acids is 2. The minimum atomic E-state index is -3.74. The molecule has 1 spiro atoms. The van der Waals surface area contributed by atoms with E-state index in [0.717, 1.165) is 19.1 Å². The van der Waals surface area contributed by atoms with Crippen LogP contribution in [0.15, 0.2) is 17.4 Å². The van der Waals surface area contributed by atoms with Crippen LogP contribution in [0.2, 0.25) is 10.0 Å². The lowest BCUT2D eigenvalue weighted by Gasteiger charge is -2.55. The van der Waals surface area contributed by atoms with Crippen LogP contribution in [-0.2, 0) is 21.1 Å². The van der Waals surface area contributed by atoms with Crippen LogP contribution in [0.3, 0.4) is 0 Å². The number of carbonyl (C=O) groups is 2. The highest BCUT2D eigenvalue weighted by Gasteiger charge is 2.52. The molecular weight excluding hydrogens is 621 g/mol.